The lowest BCUT2D eigenvalue weighted by Crippen LogP contribution is -2.46. The van der Waals surface area contributed by atoms with Crippen molar-refractivity contribution in [2.45, 2.75) is 6.92 Å². The van der Waals surface area contributed by atoms with Crippen LogP contribution in [0.25, 0.3) is 6.08 Å². The lowest BCUT2D eigenvalue weighted by Gasteiger charge is -2.11. The maximum absolute atomic E-state index is 13.4. The molecule has 0 unspecified atom stereocenters. The summed E-state index contributed by atoms with van der Waals surface area (Å²) in [5, 5.41) is 2.40. The first-order valence-electron chi connectivity index (χ1n) is 7.96. The smallest absolute Gasteiger partial charge is 0.286 e. The van der Waals surface area contributed by atoms with Crippen LogP contribution in [0.2, 0.25) is 0 Å². The minimum absolute atomic E-state index is 0.0518. The van der Waals surface area contributed by atoms with Gasteiger partial charge in [-0.3, -0.25) is 25.2 Å². The number of carbonyl (C=O) groups excluding carboxylic acids is 3. The van der Waals surface area contributed by atoms with E-state index >= 15 is 0 Å². The van der Waals surface area contributed by atoms with Crippen molar-refractivity contribution in [1.82, 2.24) is 16.2 Å². The Kier molecular flexibility index (Phi) is 7.07. The molecule has 0 saturated heterocycles. The zero-order valence-corrected chi connectivity index (χ0v) is 14.5. The number of benzene rings is 2. The number of nitrogens with one attached hydrogen (secondary N) is 3. The minimum Gasteiger partial charge on any atom is -0.481 e. The number of hydrogen-bond acceptors (Lipinski definition) is 4. The van der Waals surface area contributed by atoms with E-state index in [1.807, 2.05) is 6.07 Å². The van der Waals surface area contributed by atoms with Gasteiger partial charge in [0, 0.05) is 6.92 Å². The second kappa shape index (κ2) is 9.71. The number of halogens is 1. The summed E-state index contributed by atoms with van der Waals surface area (Å²) in [6, 6.07) is 14.5. The molecule has 0 atom stereocenters. The van der Waals surface area contributed by atoms with Gasteiger partial charge in [-0.15, -0.1) is 0 Å². The van der Waals surface area contributed by atoms with Crippen molar-refractivity contribution in [3.63, 3.8) is 0 Å². The van der Waals surface area contributed by atoms with E-state index in [1.54, 1.807) is 30.3 Å². The van der Waals surface area contributed by atoms with Crippen LogP contribution >= 0.6 is 0 Å². The summed E-state index contributed by atoms with van der Waals surface area (Å²) in [6.07, 6.45) is 1.46. The summed E-state index contributed by atoms with van der Waals surface area (Å²) < 4.78 is 18.4. The van der Waals surface area contributed by atoms with Crippen molar-refractivity contribution in [1.29, 1.82) is 0 Å². The Morgan fingerprint density at radius 2 is 1.67 bits per heavy atom. The van der Waals surface area contributed by atoms with Crippen molar-refractivity contribution in [2.24, 2.45) is 0 Å². The zero-order valence-electron chi connectivity index (χ0n) is 14.5. The van der Waals surface area contributed by atoms with Crippen molar-refractivity contribution < 1.29 is 23.5 Å². The number of hydrazine groups is 1. The molecule has 0 heterocycles. The molecule has 0 aliphatic rings. The van der Waals surface area contributed by atoms with Crippen molar-refractivity contribution in [2.75, 3.05) is 6.61 Å². The Morgan fingerprint density at radius 1 is 1.00 bits per heavy atom. The first-order chi connectivity index (χ1) is 13.0. The zero-order chi connectivity index (χ0) is 19.6. The molecular formula is C19H18FN3O4. The van der Waals surface area contributed by atoms with Crippen LogP contribution in [-0.4, -0.2) is 24.3 Å². The molecule has 27 heavy (non-hydrogen) atoms. The molecule has 3 amide bonds. The molecule has 0 bridgehead atoms. The Morgan fingerprint density at radius 3 is 2.33 bits per heavy atom. The molecule has 2 rings (SSSR count). The van der Waals surface area contributed by atoms with Crippen molar-refractivity contribution in [3.05, 3.63) is 71.7 Å². The fourth-order valence-corrected chi connectivity index (χ4v) is 2.00. The molecule has 0 saturated carbocycles. The highest BCUT2D eigenvalue weighted by molar-refractivity contribution is 6.01. The quantitative estimate of drug-likeness (QED) is 0.530. The fourth-order valence-electron chi connectivity index (χ4n) is 2.00. The van der Waals surface area contributed by atoms with Crippen LogP contribution in [0, 0.1) is 5.82 Å². The highest BCUT2D eigenvalue weighted by Gasteiger charge is 2.13. The molecule has 2 aromatic rings. The van der Waals surface area contributed by atoms with Gasteiger partial charge in [-0.05, 0) is 23.8 Å². The number of hydrogen-bond donors (Lipinski definition) is 3. The Balaban J connectivity index is 1.92. The lowest BCUT2D eigenvalue weighted by atomic mass is 10.2. The van der Waals surface area contributed by atoms with Gasteiger partial charge in [0.15, 0.2) is 18.2 Å². The second-order valence-electron chi connectivity index (χ2n) is 5.37. The second-order valence-corrected chi connectivity index (χ2v) is 5.37. The number of rotatable bonds is 6. The van der Waals surface area contributed by atoms with Crippen molar-refractivity contribution >= 4 is 23.8 Å². The van der Waals surface area contributed by atoms with E-state index in [-0.39, 0.29) is 11.4 Å². The average Bonchev–Trinajstić information content (AvgIpc) is 2.65. The van der Waals surface area contributed by atoms with E-state index < -0.39 is 30.1 Å². The van der Waals surface area contributed by atoms with E-state index in [1.165, 1.54) is 31.2 Å². The lowest BCUT2D eigenvalue weighted by molar-refractivity contribution is -0.129. The highest BCUT2D eigenvalue weighted by Crippen LogP contribution is 2.14. The average molecular weight is 371 g/mol. The molecule has 0 fully saturated rings. The van der Waals surface area contributed by atoms with Crippen molar-refractivity contribution in [3.8, 4) is 5.75 Å². The molecule has 0 spiro atoms. The molecule has 3 N–H and O–H groups in total. The minimum atomic E-state index is -0.728. The van der Waals surface area contributed by atoms with Gasteiger partial charge in [0.05, 0.1) is 0 Å². The number of amides is 3. The van der Waals surface area contributed by atoms with Gasteiger partial charge < -0.3 is 10.1 Å². The third-order valence-corrected chi connectivity index (χ3v) is 3.18. The molecule has 140 valence electrons. The van der Waals surface area contributed by atoms with Gasteiger partial charge in [0.25, 0.3) is 11.8 Å². The van der Waals surface area contributed by atoms with Crippen LogP contribution in [0.15, 0.2) is 60.3 Å². The summed E-state index contributed by atoms with van der Waals surface area (Å²) in [5.74, 6) is -2.56. The largest absolute Gasteiger partial charge is 0.481 e. The third kappa shape index (κ3) is 6.62. The van der Waals surface area contributed by atoms with Gasteiger partial charge in [0.1, 0.15) is 5.70 Å². The molecule has 0 aromatic heterocycles. The van der Waals surface area contributed by atoms with Crippen LogP contribution in [0.5, 0.6) is 5.75 Å². The standard InChI is InChI=1S/C19H18FN3O4/c1-13(24)21-16(11-14-7-3-2-4-8-14)19(26)23-22-18(25)12-27-17-10-6-5-9-15(17)20/h2-11H,12H2,1H3,(H,21,24)(H,22,25)(H,23,26)/b16-11-. The van der Waals surface area contributed by atoms with Gasteiger partial charge >= 0.3 is 0 Å². The summed E-state index contributed by atoms with van der Waals surface area (Å²) in [4.78, 5) is 35.3. The number of para-hydroxylation sites is 1. The van der Waals surface area contributed by atoms with Gasteiger partial charge in [-0.1, -0.05) is 42.5 Å². The topological polar surface area (TPSA) is 96.5 Å². The highest BCUT2D eigenvalue weighted by atomic mass is 19.1. The van der Waals surface area contributed by atoms with E-state index in [4.69, 9.17) is 4.74 Å². The summed E-state index contributed by atoms with van der Waals surface area (Å²) in [6.45, 7) is 0.756. The number of carbonyl (C=O) groups is 3. The Hall–Kier alpha value is -3.68. The van der Waals surface area contributed by atoms with Crippen LogP contribution in [0.1, 0.15) is 12.5 Å². The molecular weight excluding hydrogens is 353 g/mol. The van der Waals surface area contributed by atoms with Crippen LogP contribution in [0.4, 0.5) is 4.39 Å². The monoisotopic (exact) mass is 371 g/mol. The maximum Gasteiger partial charge on any atom is 0.286 e. The molecule has 0 aliphatic carbocycles. The molecule has 0 aliphatic heterocycles. The third-order valence-electron chi connectivity index (χ3n) is 3.18. The van der Waals surface area contributed by atoms with E-state index in [9.17, 15) is 18.8 Å². The molecule has 8 heteroatoms. The maximum atomic E-state index is 13.4. The summed E-state index contributed by atoms with van der Waals surface area (Å²) in [7, 11) is 0. The predicted octanol–water partition coefficient (Wildman–Crippen LogP) is 1.53. The molecule has 7 nitrogen and oxygen atoms in total. The summed E-state index contributed by atoms with van der Waals surface area (Å²) in [5.41, 5.74) is 4.93. The normalized spacial score (nSPS) is 10.7. The van der Waals surface area contributed by atoms with Gasteiger partial charge in [-0.2, -0.15) is 0 Å². The van der Waals surface area contributed by atoms with Crippen LogP contribution in [0.3, 0.4) is 0 Å². The van der Waals surface area contributed by atoms with Crippen LogP contribution in [-0.2, 0) is 14.4 Å². The van der Waals surface area contributed by atoms with E-state index in [2.05, 4.69) is 16.2 Å². The van der Waals surface area contributed by atoms with Gasteiger partial charge in [0.2, 0.25) is 5.91 Å². The fraction of sp³-hybridized carbons (Fsp3) is 0.105. The number of ether oxygens (including phenoxy) is 1. The Bertz CT molecular complexity index is 853. The van der Waals surface area contributed by atoms with Gasteiger partial charge in [-0.25, -0.2) is 4.39 Å². The van der Waals surface area contributed by atoms with Crippen LogP contribution < -0.4 is 20.9 Å². The molecule has 2 aromatic carbocycles. The van der Waals surface area contributed by atoms with E-state index in [0.29, 0.717) is 5.56 Å². The first kappa shape index (κ1) is 19.6. The Labute approximate surface area is 155 Å². The first-order valence-corrected chi connectivity index (χ1v) is 7.96. The SMILES string of the molecule is CC(=O)N/C(=C\c1ccccc1)C(=O)NNC(=O)COc1ccccc1F. The summed E-state index contributed by atoms with van der Waals surface area (Å²) >= 11 is 0. The van der Waals surface area contributed by atoms with E-state index in [0.717, 1.165) is 0 Å². The molecule has 0 radical (unpaired) electrons. The predicted molar refractivity (Wildman–Crippen MR) is 96.4 cm³/mol.